The Hall–Kier alpha value is -1.85. The average Bonchev–Trinajstić information content (AvgIpc) is 2.94. The number of nitrogens with zero attached hydrogens (tertiary/aromatic N) is 1. The second-order valence-corrected chi connectivity index (χ2v) is 6.07. The van der Waals surface area contributed by atoms with Crippen LogP contribution in [0, 0.1) is 13.8 Å². The third-order valence-electron chi connectivity index (χ3n) is 4.36. The molecule has 5 nitrogen and oxygen atoms in total. The Bertz CT molecular complexity index is 707. The largest absolute Gasteiger partial charge is 0.480 e. The van der Waals surface area contributed by atoms with E-state index in [-0.39, 0.29) is 0 Å². The fraction of sp³-hybridized carbons (Fsp3) is 0.438. The topological polar surface area (TPSA) is 79.7 Å². The Morgan fingerprint density at radius 3 is 2.90 bits per heavy atom. The van der Waals surface area contributed by atoms with E-state index < -0.39 is 11.5 Å². The number of aliphatic carboxylic acids is 1. The fourth-order valence-corrected chi connectivity index (χ4v) is 2.96. The van der Waals surface area contributed by atoms with Crippen molar-refractivity contribution in [3.8, 4) is 0 Å². The van der Waals surface area contributed by atoms with Gasteiger partial charge in [-0.3, -0.25) is 9.69 Å². The van der Waals surface area contributed by atoms with E-state index in [4.69, 9.17) is 10.2 Å². The van der Waals surface area contributed by atoms with Crippen molar-refractivity contribution in [2.75, 3.05) is 13.1 Å². The molecule has 2 aromatic rings. The van der Waals surface area contributed by atoms with Crippen molar-refractivity contribution in [3.63, 3.8) is 0 Å². The summed E-state index contributed by atoms with van der Waals surface area (Å²) in [6, 6.07) is 6.13. The molecular formula is C16H20N2O3. The van der Waals surface area contributed by atoms with E-state index in [2.05, 4.69) is 13.0 Å². The van der Waals surface area contributed by atoms with Crippen molar-refractivity contribution in [2.24, 2.45) is 5.73 Å². The number of aryl methyl sites for hydroxylation is 2. The van der Waals surface area contributed by atoms with Gasteiger partial charge in [-0.25, -0.2) is 0 Å². The molecule has 1 saturated heterocycles. The van der Waals surface area contributed by atoms with Crippen molar-refractivity contribution in [2.45, 2.75) is 32.4 Å². The Labute approximate surface area is 123 Å². The molecule has 1 aromatic carbocycles. The van der Waals surface area contributed by atoms with Crippen LogP contribution in [0.25, 0.3) is 11.0 Å². The van der Waals surface area contributed by atoms with Gasteiger partial charge in [-0.1, -0.05) is 11.6 Å². The summed E-state index contributed by atoms with van der Waals surface area (Å²) in [4.78, 5) is 13.2. The van der Waals surface area contributed by atoms with Gasteiger partial charge in [0.2, 0.25) is 0 Å². The molecule has 0 unspecified atom stereocenters. The highest BCUT2D eigenvalue weighted by molar-refractivity contribution is 5.82. The summed E-state index contributed by atoms with van der Waals surface area (Å²) in [5, 5.41) is 10.3. The zero-order valence-corrected chi connectivity index (χ0v) is 12.3. The zero-order valence-electron chi connectivity index (χ0n) is 12.3. The number of carboxylic acid groups (broad SMARTS) is 1. The maximum Gasteiger partial charge on any atom is 0.325 e. The second-order valence-electron chi connectivity index (χ2n) is 6.07. The summed E-state index contributed by atoms with van der Waals surface area (Å²) in [6.45, 7) is 5.74. The van der Waals surface area contributed by atoms with Crippen molar-refractivity contribution < 1.29 is 14.3 Å². The first-order valence-corrected chi connectivity index (χ1v) is 7.12. The van der Waals surface area contributed by atoms with Crippen molar-refractivity contribution in [3.05, 3.63) is 35.1 Å². The van der Waals surface area contributed by atoms with Crippen LogP contribution < -0.4 is 5.73 Å². The molecule has 1 fully saturated rings. The first kappa shape index (κ1) is 14.1. The molecule has 1 aromatic heterocycles. The van der Waals surface area contributed by atoms with Crippen LogP contribution in [-0.2, 0) is 11.3 Å². The molecular weight excluding hydrogens is 268 g/mol. The van der Waals surface area contributed by atoms with Crippen LogP contribution in [0.5, 0.6) is 0 Å². The number of benzene rings is 1. The number of likely N-dealkylation sites (tertiary alicyclic amines) is 1. The Balaban J connectivity index is 1.83. The molecule has 0 aliphatic carbocycles. The molecule has 1 atom stereocenters. The monoisotopic (exact) mass is 288 g/mol. The lowest BCUT2D eigenvalue weighted by Gasteiger charge is -2.19. The number of hydrogen-bond donors (Lipinski definition) is 2. The summed E-state index contributed by atoms with van der Waals surface area (Å²) in [7, 11) is 0. The molecule has 5 heteroatoms. The number of hydrogen-bond acceptors (Lipinski definition) is 4. The summed E-state index contributed by atoms with van der Waals surface area (Å²) < 4.78 is 5.91. The Morgan fingerprint density at radius 1 is 1.48 bits per heavy atom. The van der Waals surface area contributed by atoms with E-state index in [9.17, 15) is 9.90 Å². The molecule has 2 heterocycles. The summed E-state index contributed by atoms with van der Waals surface area (Å²) >= 11 is 0. The van der Waals surface area contributed by atoms with E-state index >= 15 is 0 Å². The summed E-state index contributed by atoms with van der Waals surface area (Å²) in [5.41, 5.74) is 7.98. The van der Waals surface area contributed by atoms with Gasteiger partial charge in [0.05, 0.1) is 6.54 Å². The number of rotatable bonds is 3. The van der Waals surface area contributed by atoms with Crippen LogP contribution in [0.1, 0.15) is 23.3 Å². The second kappa shape index (κ2) is 4.86. The minimum atomic E-state index is -1.13. The number of furan rings is 1. The van der Waals surface area contributed by atoms with Crippen molar-refractivity contribution in [1.82, 2.24) is 4.90 Å². The van der Waals surface area contributed by atoms with Gasteiger partial charge >= 0.3 is 5.97 Å². The highest BCUT2D eigenvalue weighted by atomic mass is 16.4. The van der Waals surface area contributed by atoms with Crippen LogP contribution in [-0.4, -0.2) is 34.6 Å². The molecule has 21 heavy (non-hydrogen) atoms. The van der Waals surface area contributed by atoms with E-state index in [1.807, 2.05) is 24.0 Å². The first-order valence-electron chi connectivity index (χ1n) is 7.12. The van der Waals surface area contributed by atoms with Gasteiger partial charge in [0.1, 0.15) is 16.9 Å². The average molecular weight is 288 g/mol. The molecule has 1 aliphatic rings. The van der Waals surface area contributed by atoms with Crippen LogP contribution in [0.2, 0.25) is 0 Å². The van der Waals surface area contributed by atoms with Crippen LogP contribution in [0.3, 0.4) is 0 Å². The minimum absolute atomic E-state index is 0.359. The highest BCUT2D eigenvalue weighted by Gasteiger charge is 2.41. The summed E-state index contributed by atoms with van der Waals surface area (Å²) in [5.74, 6) is -0.0350. The van der Waals surface area contributed by atoms with Crippen LogP contribution in [0.4, 0.5) is 0 Å². The molecule has 0 amide bonds. The van der Waals surface area contributed by atoms with Gasteiger partial charge in [0, 0.05) is 18.5 Å². The van der Waals surface area contributed by atoms with Crippen molar-refractivity contribution >= 4 is 16.9 Å². The van der Waals surface area contributed by atoms with Gasteiger partial charge in [0.15, 0.2) is 0 Å². The predicted molar refractivity (Wildman–Crippen MR) is 80.1 cm³/mol. The normalized spacial score (nSPS) is 23.0. The lowest BCUT2D eigenvalue weighted by molar-refractivity contribution is -0.142. The van der Waals surface area contributed by atoms with E-state index in [0.717, 1.165) is 22.3 Å². The fourth-order valence-electron chi connectivity index (χ4n) is 2.96. The summed E-state index contributed by atoms with van der Waals surface area (Å²) in [6.07, 6.45) is 0.473. The number of carboxylic acids is 1. The van der Waals surface area contributed by atoms with Gasteiger partial charge in [-0.05, 0) is 38.0 Å². The van der Waals surface area contributed by atoms with E-state index in [1.165, 1.54) is 5.56 Å². The molecule has 3 N–H and O–H groups in total. The van der Waals surface area contributed by atoms with Gasteiger partial charge in [-0.2, -0.15) is 0 Å². The third-order valence-corrected chi connectivity index (χ3v) is 4.36. The Kier molecular flexibility index (Phi) is 3.26. The number of nitrogens with two attached hydrogens (primary N) is 1. The van der Waals surface area contributed by atoms with Crippen molar-refractivity contribution in [1.29, 1.82) is 0 Å². The van der Waals surface area contributed by atoms with E-state index in [0.29, 0.717) is 26.1 Å². The number of carbonyl (C=O) groups is 1. The minimum Gasteiger partial charge on any atom is -0.480 e. The van der Waals surface area contributed by atoms with Gasteiger partial charge in [-0.15, -0.1) is 0 Å². The van der Waals surface area contributed by atoms with Gasteiger partial charge < -0.3 is 15.3 Å². The number of fused-ring (bicyclic) bond motifs is 1. The quantitative estimate of drug-likeness (QED) is 0.903. The lowest BCUT2D eigenvalue weighted by Crippen LogP contribution is -2.50. The molecule has 0 spiro atoms. The SMILES string of the molecule is Cc1ccc2oc(CN3CC[C@](N)(C(=O)O)C3)c(C)c2c1. The molecule has 0 saturated carbocycles. The standard InChI is InChI=1S/C16H20N2O3/c1-10-3-4-13-12(7-10)11(2)14(21-13)8-18-6-5-16(17,9-18)15(19)20/h3-4,7H,5-6,8-9,17H2,1-2H3,(H,19,20)/t16-/m1/s1. The van der Waals surface area contributed by atoms with Crippen LogP contribution >= 0.6 is 0 Å². The maximum absolute atomic E-state index is 11.2. The van der Waals surface area contributed by atoms with Gasteiger partial charge in [0.25, 0.3) is 0 Å². The smallest absolute Gasteiger partial charge is 0.325 e. The first-order chi connectivity index (χ1) is 9.89. The van der Waals surface area contributed by atoms with Crippen LogP contribution in [0.15, 0.2) is 22.6 Å². The highest BCUT2D eigenvalue weighted by Crippen LogP contribution is 2.29. The third kappa shape index (κ3) is 2.43. The zero-order chi connectivity index (χ0) is 15.2. The van der Waals surface area contributed by atoms with E-state index in [1.54, 1.807) is 0 Å². The molecule has 1 aliphatic heterocycles. The molecule has 112 valence electrons. The molecule has 0 bridgehead atoms. The predicted octanol–water partition coefficient (Wildman–Crippen LogP) is 2.04. The Morgan fingerprint density at radius 2 is 2.24 bits per heavy atom. The molecule has 3 rings (SSSR count). The maximum atomic E-state index is 11.2. The molecule has 0 radical (unpaired) electrons. The lowest BCUT2D eigenvalue weighted by atomic mass is 10.0.